The maximum atomic E-state index is 14.5. The van der Waals surface area contributed by atoms with E-state index in [0.29, 0.717) is 49.7 Å². The Bertz CT molecular complexity index is 1760. The predicted octanol–water partition coefficient (Wildman–Crippen LogP) is 4.54. The van der Waals surface area contributed by atoms with Gasteiger partial charge in [-0.2, -0.15) is 0 Å². The number of carbonyl (C=O) groups excluding carboxylic acids is 5. The molecule has 54 heavy (non-hydrogen) atoms. The Morgan fingerprint density at radius 1 is 1.04 bits per heavy atom. The average molecular weight is 776 g/mol. The van der Waals surface area contributed by atoms with Crippen LogP contribution in [0.3, 0.4) is 0 Å². The van der Waals surface area contributed by atoms with Gasteiger partial charge in [-0.3, -0.25) is 24.0 Å². The molecule has 2 saturated carbocycles. The number of carbonyl (C=O) groups is 5. The van der Waals surface area contributed by atoms with Crippen LogP contribution in [0.25, 0.3) is 0 Å². The highest BCUT2D eigenvalue weighted by molar-refractivity contribution is 7.91. The standard InChI is InChI=1S/C38H54FN5O9S/c1-5-16-37(17-18-37)54(50,51)42-33(47)38-20-25(38)13-9-7-6-8-10-15-29(40-34(48)53-36(2,3)4)32(46)44-22-26(19-30(44)31(45)41-38)52-35(49)43-21-24-12-11-14-28(39)27(24)23-43/h11-12,14,25-26,29-30H,5-10,13,15-23H2,1-4H3,(H,40,48)(H,41,45)(H,42,47)/t25-,26-,29+,30+,38-/m1/s1. The lowest BCUT2D eigenvalue weighted by Crippen LogP contribution is -2.59. The minimum atomic E-state index is -4.02. The van der Waals surface area contributed by atoms with Crippen LogP contribution in [0.1, 0.15) is 122 Å². The Labute approximate surface area is 316 Å². The van der Waals surface area contributed by atoms with Gasteiger partial charge in [0.25, 0.3) is 5.91 Å². The third-order valence-corrected chi connectivity index (χ3v) is 13.7. The van der Waals surface area contributed by atoms with E-state index in [0.717, 1.165) is 25.7 Å². The normalized spacial score (nSPS) is 28.3. The summed E-state index contributed by atoms with van der Waals surface area (Å²) in [6, 6.07) is 2.35. The van der Waals surface area contributed by atoms with Crippen molar-refractivity contribution in [3.63, 3.8) is 0 Å². The number of fused-ring (bicyclic) bond motifs is 3. The van der Waals surface area contributed by atoms with Gasteiger partial charge in [-0.15, -0.1) is 0 Å². The first-order valence-electron chi connectivity index (χ1n) is 19.4. The Morgan fingerprint density at radius 3 is 2.41 bits per heavy atom. The van der Waals surface area contributed by atoms with E-state index in [1.165, 1.54) is 15.9 Å². The van der Waals surface area contributed by atoms with Crippen LogP contribution in [0, 0.1) is 11.7 Å². The Balaban J connectivity index is 1.25. The lowest BCUT2D eigenvalue weighted by molar-refractivity contribution is -0.141. The number of benzene rings is 1. The van der Waals surface area contributed by atoms with Crippen molar-refractivity contribution < 1.29 is 46.3 Å². The molecular weight excluding hydrogens is 722 g/mol. The number of hydrogen-bond donors (Lipinski definition) is 3. The second kappa shape index (κ2) is 15.3. The molecule has 6 rings (SSSR count). The van der Waals surface area contributed by atoms with Gasteiger partial charge in [0.05, 0.1) is 17.8 Å². The molecule has 16 heteroatoms. The maximum absolute atomic E-state index is 14.5. The Kier molecular flexibility index (Phi) is 11.3. The summed E-state index contributed by atoms with van der Waals surface area (Å²) in [5.74, 6) is -2.78. The van der Waals surface area contributed by atoms with Gasteiger partial charge >= 0.3 is 12.2 Å². The van der Waals surface area contributed by atoms with Crippen LogP contribution in [0.15, 0.2) is 18.2 Å². The van der Waals surface area contributed by atoms with Gasteiger partial charge in [0.15, 0.2) is 0 Å². The summed E-state index contributed by atoms with van der Waals surface area (Å²) < 4.78 is 54.0. The van der Waals surface area contributed by atoms with E-state index in [2.05, 4.69) is 15.4 Å². The fourth-order valence-electron chi connectivity index (χ4n) is 8.32. The molecule has 0 bridgehead atoms. The number of sulfonamides is 1. The second-order valence-corrected chi connectivity index (χ2v) is 18.8. The number of nitrogens with one attached hydrogen (secondary N) is 3. The molecule has 298 valence electrons. The number of ether oxygens (including phenoxy) is 2. The highest BCUT2D eigenvalue weighted by atomic mass is 32.2. The molecule has 1 aromatic carbocycles. The summed E-state index contributed by atoms with van der Waals surface area (Å²) >= 11 is 0. The first-order chi connectivity index (χ1) is 25.5. The molecule has 2 aliphatic carbocycles. The summed E-state index contributed by atoms with van der Waals surface area (Å²) in [7, 11) is -4.02. The second-order valence-electron chi connectivity index (χ2n) is 16.8. The minimum Gasteiger partial charge on any atom is -0.444 e. The number of alkyl carbamates (subject to hydrolysis) is 1. The van der Waals surface area contributed by atoms with Crippen LogP contribution in [0.2, 0.25) is 0 Å². The smallest absolute Gasteiger partial charge is 0.410 e. The third-order valence-electron chi connectivity index (χ3n) is 11.5. The summed E-state index contributed by atoms with van der Waals surface area (Å²) in [6.07, 6.45) is 4.34. The molecule has 0 spiro atoms. The summed E-state index contributed by atoms with van der Waals surface area (Å²) in [4.78, 5) is 71.7. The van der Waals surface area contributed by atoms with Crippen molar-refractivity contribution in [1.29, 1.82) is 0 Å². The topological polar surface area (TPSA) is 181 Å². The van der Waals surface area contributed by atoms with Crippen molar-refractivity contribution >= 4 is 39.9 Å². The van der Waals surface area contributed by atoms with Gasteiger partial charge < -0.3 is 25.0 Å². The quantitative estimate of drug-likeness (QED) is 0.359. The van der Waals surface area contributed by atoms with Crippen molar-refractivity contribution in [3.8, 4) is 0 Å². The van der Waals surface area contributed by atoms with Gasteiger partial charge in [-0.25, -0.2) is 22.4 Å². The van der Waals surface area contributed by atoms with Gasteiger partial charge in [-0.1, -0.05) is 57.6 Å². The molecule has 0 unspecified atom stereocenters. The van der Waals surface area contributed by atoms with Crippen LogP contribution < -0.4 is 15.4 Å². The summed E-state index contributed by atoms with van der Waals surface area (Å²) in [6.45, 7) is 6.96. The van der Waals surface area contributed by atoms with Gasteiger partial charge in [-0.05, 0) is 76.8 Å². The third kappa shape index (κ3) is 8.47. The Hall–Kier alpha value is -3.95. The number of rotatable bonds is 7. The average Bonchev–Trinajstić information content (AvgIpc) is 3.91. The molecule has 5 atom stereocenters. The van der Waals surface area contributed by atoms with Gasteiger partial charge in [0.1, 0.15) is 35.1 Å². The van der Waals surface area contributed by atoms with E-state index in [1.807, 2.05) is 6.92 Å². The number of amides is 5. The maximum Gasteiger partial charge on any atom is 0.410 e. The number of hydrogen-bond acceptors (Lipinski definition) is 9. The van der Waals surface area contributed by atoms with Crippen molar-refractivity contribution in [3.05, 3.63) is 35.1 Å². The van der Waals surface area contributed by atoms with E-state index in [-0.39, 0.29) is 44.8 Å². The Morgan fingerprint density at radius 2 is 1.74 bits per heavy atom. The monoisotopic (exact) mass is 775 g/mol. The fraction of sp³-hybridized carbons (Fsp3) is 0.711. The fourth-order valence-corrected chi connectivity index (χ4v) is 10.1. The molecule has 3 N–H and O–H groups in total. The predicted molar refractivity (Wildman–Crippen MR) is 194 cm³/mol. The van der Waals surface area contributed by atoms with Crippen LogP contribution >= 0.6 is 0 Å². The molecule has 5 amide bonds. The number of halogens is 1. The van der Waals surface area contributed by atoms with Crippen LogP contribution in [-0.4, -0.2) is 88.7 Å². The summed E-state index contributed by atoms with van der Waals surface area (Å²) in [5, 5.41) is 5.57. The van der Waals surface area contributed by atoms with Crippen molar-refractivity contribution in [2.45, 2.75) is 158 Å². The zero-order valence-corrected chi connectivity index (χ0v) is 32.5. The molecule has 0 aromatic heterocycles. The van der Waals surface area contributed by atoms with Gasteiger partial charge in [0.2, 0.25) is 21.8 Å². The van der Waals surface area contributed by atoms with E-state index in [4.69, 9.17) is 9.47 Å². The molecule has 2 saturated heterocycles. The lowest BCUT2D eigenvalue weighted by atomic mass is 10.0. The molecule has 4 fully saturated rings. The molecule has 0 radical (unpaired) electrons. The van der Waals surface area contributed by atoms with E-state index >= 15 is 0 Å². The minimum absolute atomic E-state index is 0.00344. The zero-order chi connectivity index (χ0) is 39.1. The highest BCUT2D eigenvalue weighted by Gasteiger charge is 2.64. The molecule has 5 aliphatic rings. The molecule has 14 nitrogen and oxygen atoms in total. The molecule has 3 heterocycles. The van der Waals surface area contributed by atoms with Crippen molar-refractivity contribution in [2.24, 2.45) is 5.92 Å². The molecular formula is C38H54FN5O9S. The number of nitrogens with zero attached hydrogens (tertiary/aromatic N) is 2. The van der Waals surface area contributed by atoms with Gasteiger partial charge in [0, 0.05) is 18.5 Å². The first-order valence-corrected chi connectivity index (χ1v) is 20.9. The van der Waals surface area contributed by atoms with E-state index < -0.39 is 79.8 Å². The van der Waals surface area contributed by atoms with Crippen LogP contribution in [-0.2, 0) is 47.0 Å². The van der Waals surface area contributed by atoms with Crippen LogP contribution in [0.5, 0.6) is 0 Å². The lowest BCUT2D eigenvalue weighted by Gasteiger charge is -2.30. The molecule has 3 aliphatic heterocycles. The first kappa shape index (κ1) is 39.7. The van der Waals surface area contributed by atoms with E-state index in [1.54, 1.807) is 32.9 Å². The highest BCUT2D eigenvalue weighted by Crippen LogP contribution is 2.50. The van der Waals surface area contributed by atoms with Crippen molar-refractivity contribution in [1.82, 2.24) is 25.2 Å². The largest absolute Gasteiger partial charge is 0.444 e. The van der Waals surface area contributed by atoms with E-state index in [9.17, 15) is 36.8 Å². The van der Waals surface area contributed by atoms with Crippen molar-refractivity contribution in [2.75, 3.05) is 6.54 Å². The summed E-state index contributed by atoms with van der Waals surface area (Å²) in [5.41, 5.74) is -1.27. The zero-order valence-electron chi connectivity index (χ0n) is 31.7. The SMILES string of the molecule is CCCC1(S(=O)(=O)NC(=O)[C@@]23C[C@H]2CCCCCCC[C@H](NC(=O)OC(C)(C)C)C(=O)N2C[C@H](OC(=O)N4Cc5cccc(F)c5C4)C[C@H]2C(=O)N3)CC1. The van der Waals surface area contributed by atoms with Crippen LogP contribution in [0.4, 0.5) is 14.0 Å². The molecule has 1 aromatic rings.